The Morgan fingerprint density at radius 1 is 1.26 bits per heavy atom. The van der Waals surface area contributed by atoms with Gasteiger partial charge in [0.25, 0.3) is 0 Å². The van der Waals surface area contributed by atoms with E-state index in [0.29, 0.717) is 10.8 Å². The van der Waals surface area contributed by atoms with Crippen LogP contribution in [0, 0.1) is 6.92 Å². The van der Waals surface area contributed by atoms with Gasteiger partial charge >= 0.3 is 12.1 Å². The summed E-state index contributed by atoms with van der Waals surface area (Å²) in [6.45, 7) is 4.98. The summed E-state index contributed by atoms with van der Waals surface area (Å²) in [5, 5.41) is 12.5. The van der Waals surface area contributed by atoms with Crippen LogP contribution < -0.4 is 10.7 Å². The van der Waals surface area contributed by atoms with E-state index in [4.69, 9.17) is 4.42 Å². The zero-order valence-electron chi connectivity index (χ0n) is 17.0. The van der Waals surface area contributed by atoms with E-state index in [2.05, 4.69) is 5.32 Å². The maximum atomic E-state index is 13.6. The number of hydrogen-bond donors (Lipinski definition) is 2. The number of aromatic carboxylic acids is 1. The van der Waals surface area contributed by atoms with Gasteiger partial charge in [-0.2, -0.15) is 13.2 Å². The van der Waals surface area contributed by atoms with Crippen LogP contribution in [0.2, 0.25) is 0 Å². The molecule has 0 bridgehead atoms. The molecule has 0 radical (unpaired) electrons. The van der Waals surface area contributed by atoms with Gasteiger partial charge in [-0.3, -0.25) is 4.79 Å². The standard InChI is InChI=1S/C22H20F3NO4S/c1-4-31-21-11(2)18(27)16-10-13(22(23,24)25)9-15(19(16)30-21)12(3)26-17-8-6-5-7-14(17)20(28)29/h5-10,12,26H,4H2,1-3H3,(H,28,29). The Balaban J connectivity index is 2.24. The number of alkyl halides is 3. The van der Waals surface area contributed by atoms with Crippen molar-refractivity contribution < 1.29 is 27.5 Å². The third-order valence-corrected chi connectivity index (χ3v) is 5.74. The molecular weight excluding hydrogens is 431 g/mol. The summed E-state index contributed by atoms with van der Waals surface area (Å²) in [5.41, 5.74) is -0.870. The molecule has 164 valence electrons. The highest BCUT2D eigenvalue weighted by atomic mass is 32.2. The first-order valence-electron chi connectivity index (χ1n) is 9.44. The molecule has 1 heterocycles. The van der Waals surface area contributed by atoms with Crippen molar-refractivity contribution >= 4 is 34.4 Å². The van der Waals surface area contributed by atoms with Crippen LogP contribution in [0.1, 0.15) is 46.9 Å². The van der Waals surface area contributed by atoms with Crippen LogP contribution in [0.15, 0.2) is 50.7 Å². The summed E-state index contributed by atoms with van der Waals surface area (Å²) in [7, 11) is 0. The van der Waals surface area contributed by atoms with Gasteiger partial charge in [0.2, 0.25) is 0 Å². The van der Waals surface area contributed by atoms with Crippen LogP contribution in [0.3, 0.4) is 0 Å². The van der Waals surface area contributed by atoms with Crippen LogP contribution in [0.4, 0.5) is 18.9 Å². The highest BCUT2D eigenvalue weighted by molar-refractivity contribution is 7.99. The number of nitrogens with one attached hydrogen (secondary N) is 1. The molecule has 0 saturated heterocycles. The fraction of sp³-hybridized carbons (Fsp3) is 0.273. The molecule has 2 aromatic carbocycles. The fourth-order valence-corrected chi connectivity index (χ4v) is 3.97. The summed E-state index contributed by atoms with van der Waals surface area (Å²) in [5.74, 6) is -0.557. The lowest BCUT2D eigenvalue weighted by atomic mass is 9.99. The van der Waals surface area contributed by atoms with Crippen LogP contribution in [-0.4, -0.2) is 16.8 Å². The number of anilines is 1. The molecule has 0 fully saturated rings. The Bertz CT molecular complexity index is 1200. The Morgan fingerprint density at radius 2 is 1.94 bits per heavy atom. The van der Waals surface area contributed by atoms with Gasteiger partial charge < -0.3 is 14.8 Å². The lowest BCUT2D eigenvalue weighted by molar-refractivity contribution is -0.137. The third kappa shape index (κ3) is 4.56. The maximum Gasteiger partial charge on any atom is 0.416 e. The first-order chi connectivity index (χ1) is 14.5. The minimum atomic E-state index is -4.67. The van der Waals surface area contributed by atoms with Crippen LogP contribution in [0.25, 0.3) is 11.0 Å². The largest absolute Gasteiger partial charge is 0.478 e. The normalized spacial score (nSPS) is 12.7. The molecule has 0 aliphatic rings. The molecule has 1 unspecified atom stereocenters. The topological polar surface area (TPSA) is 79.5 Å². The molecule has 5 nitrogen and oxygen atoms in total. The number of thioether (sulfide) groups is 1. The highest BCUT2D eigenvalue weighted by Gasteiger charge is 2.33. The lowest BCUT2D eigenvalue weighted by Gasteiger charge is -2.20. The van der Waals surface area contributed by atoms with E-state index < -0.39 is 29.2 Å². The summed E-state index contributed by atoms with van der Waals surface area (Å²) < 4.78 is 46.5. The molecule has 1 atom stereocenters. The van der Waals surface area contributed by atoms with E-state index in [1.54, 1.807) is 19.1 Å². The summed E-state index contributed by atoms with van der Waals surface area (Å²) in [6, 6.07) is 7.03. The van der Waals surface area contributed by atoms with Crippen LogP contribution in [-0.2, 0) is 6.18 Å². The van der Waals surface area contributed by atoms with E-state index in [0.717, 1.165) is 12.1 Å². The van der Waals surface area contributed by atoms with Gasteiger partial charge in [-0.15, -0.1) is 0 Å². The molecule has 31 heavy (non-hydrogen) atoms. The van der Waals surface area contributed by atoms with Crippen molar-refractivity contribution in [1.82, 2.24) is 0 Å². The highest BCUT2D eigenvalue weighted by Crippen LogP contribution is 2.37. The molecule has 0 spiro atoms. The summed E-state index contributed by atoms with van der Waals surface area (Å²) in [4.78, 5) is 24.3. The Hall–Kier alpha value is -2.94. The van der Waals surface area contributed by atoms with Crippen molar-refractivity contribution in [2.24, 2.45) is 0 Å². The van der Waals surface area contributed by atoms with Gasteiger partial charge in [-0.25, -0.2) is 4.79 Å². The van der Waals surface area contributed by atoms with E-state index in [-0.39, 0.29) is 33.3 Å². The number of halogens is 3. The molecule has 3 rings (SSSR count). The minimum absolute atomic E-state index is 0.0230. The zero-order valence-corrected chi connectivity index (χ0v) is 17.8. The van der Waals surface area contributed by atoms with Gasteiger partial charge in [0.15, 0.2) is 10.5 Å². The van der Waals surface area contributed by atoms with Crippen molar-refractivity contribution in [3.8, 4) is 0 Å². The first-order valence-corrected chi connectivity index (χ1v) is 10.4. The molecule has 2 N–H and O–H groups in total. The number of carboxylic acids is 1. The molecule has 3 aromatic rings. The van der Waals surface area contributed by atoms with Crippen molar-refractivity contribution in [2.45, 2.75) is 38.1 Å². The van der Waals surface area contributed by atoms with Gasteiger partial charge in [0.05, 0.1) is 22.6 Å². The number of benzene rings is 2. The zero-order chi connectivity index (χ0) is 22.9. The van der Waals surface area contributed by atoms with E-state index in [9.17, 15) is 27.9 Å². The second-order valence-electron chi connectivity index (χ2n) is 6.93. The van der Waals surface area contributed by atoms with Crippen LogP contribution >= 0.6 is 11.8 Å². The van der Waals surface area contributed by atoms with Crippen molar-refractivity contribution in [1.29, 1.82) is 0 Å². The minimum Gasteiger partial charge on any atom is -0.478 e. The van der Waals surface area contributed by atoms with Crippen molar-refractivity contribution in [2.75, 3.05) is 11.1 Å². The van der Waals surface area contributed by atoms with Gasteiger partial charge in [0, 0.05) is 16.8 Å². The van der Waals surface area contributed by atoms with E-state index in [1.165, 1.54) is 30.8 Å². The number of fused-ring (bicyclic) bond motifs is 1. The van der Waals surface area contributed by atoms with Gasteiger partial charge in [-0.05, 0) is 43.9 Å². The Morgan fingerprint density at radius 3 is 2.55 bits per heavy atom. The molecule has 0 aliphatic heterocycles. The third-order valence-electron chi connectivity index (χ3n) is 4.80. The van der Waals surface area contributed by atoms with Gasteiger partial charge in [-0.1, -0.05) is 30.8 Å². The average molecular weight is 451 g/mol. The number of rotatable bonds is 6. The second-order valence-corrected chi connectivity index (χ2v) is 8.17. The number of carboxylic acid groups (broad SMARTS) is 1. The fourth-order valence-electron chi connectivity index (χ4n) is 3.26. The lowest BCUT2D eigenvalue weighted by Crippen LogP contribution is -2.16. The molecule has 9 heteroatoms. The van der Waals surface area contributed by atoms with E-state index in [1.807, 2.05) is 6.92 Å². The predicted octanol–water partition coefficient (Wildman–Crippen LogP) is 6.10. The molecule has 0 saturated carbocycles. The number of para-hydroxylation sites is 1. The SMILES string of the molecule is CCSc1oc2c(C(C)Nc3ccccc3C(=O)O)cc(C(F)(F)F)cc2c(=O)c1C. The smallest absolute Gasteiger partial charge is 0.416 e. The van der Waals surface area contributed by atoms with Crippen LogP contribution in [0.5, 0.6) is 0 Å². The number of hydrogen-bond acceptors (Lipinski definition) is 5. The quantitative estimate of drug-likeness (QED) is 0.441. The molecule has 0 aliphatic carbocycles. The Labute approximate surface area is 180 Å². The molecular formula is C22H20F3NO4S. The van der Waals surface area contributed by atoms with E-state index >= 15 is 0 Å². The molecule has 0 amide bonds. The first kappa shape index (κ1) is 22.7. The van der Waals surface area contributed by atoms with Gasteiger partial charge in [0.1, 0.15) is 5.58 Å². The monoisotopic (exact) mass is 451 g/mol. The second kappa shape index (κ2) is 8.66. The number of carbonyl (C=O) groups is 1. The maximum absolute atomic E-state index is 13.6. The van der Waals surface area contributed by atoms with Crippen molar-refractivity contribution in [3.63, 3.8) is 0 Å². The summed E-state index contributed by atoms with van der Waals surface area (Å²) >= 11 is 1.28. The predicted molar refractivity (Wildman–Crippen MR) is 114 cm³/mol. The van der Waals surface area contributed by atoms with Crippen molar-refractivity contribution in [3.05, 3.63) is 68.9 Å². The molecule has 1 aromatic heterocycles. The Kier molecular flexibility index (Phi) is 6.35. The summed E-state index contributed by atoms with van der Waals surface area (Å²) in [6.07, 6.45) is -4.67. The average Bonchev–Trinajstić information content (AvgIpc) is 2.70.